The normalized spacial score (nSPS) is 11.1. The van der Waals surface area contributed by atoms with E-state index in [-0.39, 0.29) is 0 Å². The van der Waals surface area contributed by atoms with Crippen LogP contribution in [0.25, 0.3) is 0 Å². The minimum Gasteiger partial charge on any atom is -0.502 e. The highest BCUT2D eigenvalue weighted by Crippen LogP contribution is 2.34. The van der Waals surface area contributed by atoms with Gasteiger partial charge in [-0.3, -0.25) is 0 Å². The van der Waals surface area contributed by atoms with Crippen LogP contribution in [0.3, 0.4) is 0 Å². The van der Waals surface area contributed by atoms with Crippen molar-refractivity contribution in [2.45, 2.75) is 6.36 Å². The van der Waals surface area contributed by atoms with Gasteiger partial charge in [-0.05, 0) is 0 Å². The number of carboxylic acid groups (broad SMARTS) is 1. The van der Waals surface area contributed by atoms with Crippen LogP contribution in [0.4, 0.5) is 13.2 Å². The zero-order chi connectivity index (χ0) is 13.2. The monoisotopic (exact) mass is 253 g/mol. The van der Waals surface area contributed by atoms with E-state index in [0.29, 0.717) is 0 Å². The number of carboxylic acids is 1. The Labute approximate surface area is 92.2 Å². The molecule has 2 N–H and O–H groups in total. The third-order valence-electron chi connectivity index (χ3n) is 1.59. The van der Waals surface area contributed by atoms with Crippen LogP contribution in [0.15, 0.2) is 6.07 Å². The number of aromatic hydroxyl groups is 1. The number of methoxy groups -OCH3 is 1. The number of ether oxygens (including phenoxy) is 2. The van der Waals surface area contributed by atoms with Crippen molar-refractivity contribution < 1.29 is 37.7 Å². The Morgan fingerprint density at radius 2 is 2.06 bits per heavy atom. The fraction of sp³-hybridized carbons (Fsp3) is 0.250. The third kappa shape index (κ3) is 3.13. The molecule has 1 rings (SSSR count). The minimum absolute atomic E-state index is 0.431. The van der Waals surface area contributed by atoms with Crippen molar-refractivity contribution in [3.8, 4) is 17.5 Å². The molecule has 0 atom stereocenters. The molecule has 0 bridgehead atoms. The first-order valence-corrected chi connectivity index (χ1v) is 4.01. The Bertz CT molecular complexity index is 446. The lowest BCUT2D eigenvalue weighted by Gasteiger charge is -2.11. The molecule has 0 saturated heterocycles. The number of halogens is 3. The maximum atomic E-state index is 11.9. The molecule has 17 heavy (non-hydrogen) atoms. The lowest BCUT2D eigenvalue weighted by atomic mass is 10.2. The summed E-state index contributed by atoms with van der Waals surface area (Å²) >= 11 is 0. The SMILES string of the molecule is COc1cc(C(=O)O)c(O)c(OC(F)(F)F)n1. The summed E-state index contributed by atoms with van der Waals surface area (Å²) < 4.78 is 43.6. The van der Waals surface area contributed by atoms with Gasteiger partial charge in [-0.15, -0.1) is 13.2 Å². The van der Waals surface area contributed by atoms with E-state index in [4.69, 9.17) is 5.11 Å². The van der Waals surface area contributed by atoms with Crippen molar-refractivity contribution >= 4 is 5.97 Å². The summed E-state index contributed by atoms with van der Waals surface area (Å²) in [7, 11) is 1.07. The second-order valence-electron chi connectivity index (χ2n) is 2.72. The Morgan fingerprint density at radius 1 is 1.47 bits per heavy atom. The van der Waals surface area contributed by atoms with Gasteiger partial charge in [0.15, 0.2) is 5.75 Å². The average Bonchev–Trinajstić information content (AvgIpc) is 2.18. The summed E-state index contributed by atoms with van der Waals surface area (Å²) in [6, 6.07) is 0.765. The lowest BCUT2D eigenvalue weighted by Crippen LogP contribution is -2.18. The second-order valence-corrected chi connectivity index (χ2v) is 2.72. The molecular formula is C8H6F3NO5. The van der Waals surface area contributed by atoms with Crippen molar-refractivity contribution in [3.63, 3.8) is 0 Å². The molecule has 1 aromatic heterocycles. The zero-order valence-corrected chi connectivity index (χ0v) is 8.28. The molecule has 9 heteroatoms. The molecule has 0 saturated carbocycles. The Kier molecular flexibility index (Phi) is 3.30. The summed E-state index contributed by atoms with van der Waals surface area (Å²) in [5.41, 5.74) is -0.809. The molecule has 0 fully saturated rings. The smallest absolute Gasteiger partial charge is 0.502 e. The van der Waals surface area contributed by atoms with Crippen LogP contribution in [-0.2, 0) is 0 Å². The third-order valence-corrected chi connectivity index (χ3v) is 1.59. The molecule has 0 aliphatic carbocycles. The number of pyridine rings is 1. The maximum Gasteiger partial charge on any atom is 0.574 e. The number of hydrogen-bond acceptors (Lipinski definition) is 5. The molecule has 6 nitrogen and oxygen atoms in total. The highest BCUT2D eigenvalue weighted by Gasteiger charge is 2.34. The minimum atomic E-state index is -5.10. The van der Waals surface area contributed by atoms with Gasteiger partial charge in [0.05, 0.1) is 7.11 Å². The van der Waals surface area contributed by atoms with Crippen LogP contribution >= 0.6 is 0 Å². The first-order valence-electron chi connectivity index (χ1n) is 4.01. The Morgan fingerprint density at radius 3 is 2.47 bits per heavy atom. The number of aromatic carboxylic acids is 1. The number of hydrogen-bond donors (Lipinski definition) is 2. The molecule has 94 valence electrons. The number of rotatable bonds is 3. The van der Waals surface area contributed by atoms with Gasteiger partial charge in [0.2, 0.25) is 5.88 Å². The van der Waals surface area contributed by atoms with Crippen molar-refractivity contribution in [3.05, 3.63) is 11.6 Å². The van der Waals surface area contributed by atoms with E-state index < -0.39 is 35.4 Å². The number of alkyl halides is 3. The molecule has 1 aromatic rings. The van der Waals surface area contributed by atoms with E-state index in [1.165, 1.54) is 0 Å². The van der Waals surface area contributed by atoms with Crippen LogP contribution in [0.5, 0.6) is 17.5 Å². The molecule has 0 unspecified atom stereocenters. The van der Waals surface area contributed by atoms with E-state index in [9.17, 15) is 23.1 Å². The first kappa shape index (κ1) is 12.9. The van der Waals surface area contributed by atoms with Gasteiger partial charge in [0.25, 0.3) is 5.88 Å². The first-order chi connectivity index (χ1) is 7.74. The number of carbonyl (C=O) groups is 1. The second kappa shape index (κ2) is 4.36. The molecule has 0 radical (unpaired) electrons. The van der Waals surface area contributed by atoms with Crippen molar-refractivity contribution in [2.24, 2.45) is 0 Å². The molecule has 0 spiro atoms. The summed E-state index contributed by atoms with van der Waals surface area (Å²) in [4.78, 5) is 13.8. The molecule has 0 aliphatic heterocycles. The fourth-order valence-corrected chi connectivity index (χ4v) is 0.941. The van der Waals surface area contributed by atoms with Gasteiger partial charge in [0, 0.05) is 6.07 Å². The van der Waals surface area contributed by atoms with Gasteiger partial charge in [-0.2, -0.15) is 4.98 Å². The van der Waals surface area contributed by atoms with Gasteiger partial charge < -0.3 is 19.7 Å². The van der Waals surface area contributed by atoms with Crippen molar-refractivity contribution in [1.82, 2.24) is 4.98 Å². The van der Waals surface area contributed by atoms with Crippen LogP contribution in [0.2, 0.25) is 0 Å². The molecule has 1 heterocycles. The fourth-order valence-electron chi connectivity index (χ4n) is 0.941. The highest BCUT2D eigenvalue weighted by atomic mass is 19.4. The van der Waals surface area contributed by atoms with E-state index >= 15 is 0 Å². The standard InChI is InChI=1S/C8H6F3NO5/c1-16-4-2-3(7(14)15)5(13)6(12-4)17-8(9,10)11/h2,13H,1H3,(H,14,15). The number of nitrogens with zero attached hydrogens (tertiary/aromatic N) is 1. The van der Waals surface area contributed by atoms with Crippen molar-refractivity contribution in [1.29, 1.82) is 0 Å². The summed E-state index contributed by atoms with van der Waals surface area (Å²) in [6.45, 7) is 0. The Balaban J connectivity index is 3.29. The van der Waals surface area contributed by atoms with E-state index in [0.717, 1.165) is 13.2 Å². The van der Waals surface area contributed by atoms with Crippen LogP contribution < -0.4 is 9.47 Å². The predicted molar refractivity (Wildman–Crippen MR) is 46.1 cm³/mol. The van der Waals surface area contributed by atoms with Gasteiger partial charge in [-0.1, -0.05) is 0 Å². The van der Waals surface area contributed by atoms with Crippen molar-refractivity contribution in [2.75, 3.05) is 7.11 Å². The van der Waals surface area contributed by atoms with Gasteiger partial charge >= 0.3 is 12.3 Å². The maximum absolute atomic E-state index is 11.9. The van der Waals surface area contributed by atoms with E-state index in [2.05, 4.69) is 14.5 Å². The largest absolute Gasteiger partial charge is 0.574 e. The molecule has 0 aromatic carbocycles. The molecule has 0 aliphatic rings. The van der Waals surface area contributed by atoms with Crippen LogP contribution in [0.1, 0.15) is 10.4 Å². The number of aromatic nitrogens is 1. The topological polar surface area (TPSA) is 88.9 Å². The summed E-state index contributed by atoms with van der Waals surface area (Å²) in [6.07, 6.45) is -5.10. The predicted octanol–water partition coefficient (Wildman–Crippen LogP) is 1.39. The summed E-state index contributed by atoms with van der Waals surface area (Å²) in [5, 5.41) is 17.8. The van der Waals surface area contributed by atoms with E-state index in [1.807, 2.05) is 0 Å². The average molecular weight is 253 g/mol. The zero-order valence-electron chi connectivity index (χ0n) is 8.28. The van der Waals surface area contributed by atoms with Gasteiger partial charge in [-0.25, -0.2) is 4.79 Å². The molecule has 0 amide bonds. The van der Waals surface area contributed by atoms with E-state index in [1.54, 1.807) is 0 Å². The Hall–Kier alpha value is -2.19. The lowest BCUT2D eigenvalue weighted by molar-refractivity contribution is -0.276. The quantitative estimate of drug-likeness (QED) is 0.846. The highest BCUT2D eigenvalue weighted by molar-refractivity contribution is 5.91. The molecular weight excluding hydrogens is 247 g/mol. The van der Waals surface area contributed by atoms with Crippen LogP contribution in [0, 0.1) is 0 Å². The summed E-state index contributed by atoms with van der Waals surface area (Å²) in [5.74, 6) is -4.58. The van der Waals surface area contributed by atoms with Crippen LogP contribution in [-0.4, -0.2) is 34.6 Å². The van der Waals surface area contributed by atoms with Gasteiger partial charge in [0.1, 0.15) is 5.56 Å².